The zero-order valence-corrected chi connectivity index (χ0v) is 13.1. The van der Waals surface area contributed by atoms with Crippen LogP contribution < -0.4 is 15.4 Å². The minimum Gasteiger partial charge on any atom is -0.493 e. The zero-order valence-electron chi connectivity index (χ0n) is 13.1. The van der Waals surface area contributed by atoms with E-state index in [1.54, 1.807) is 7.05 Å². The Morgan fingerprint density at radius 2 is 2.09 bits per heavy atom. The van der Waals surface area contributed by atoms with Crippen LogP contribution in [0.25, 0.3) is 0 Å². The molecule has 1 heterocycles. The summed E-state index contributed by atoms with van der Waals surface area (Å²) in [6.45, 7) is 1.08. The van der Waals surface area contributed by atoms with E-state index in [0.29, 0.717) is 25.5 Å². The molecule has 2 N–H and O–H groups in total. The number of aliphatic imine (C=N–C) groups is 1. The lowest BCUT2D eigenvalue weighted by molar-refractivity contribution is -0.135. The average Bonchev–Trinajstić information content (AvgIpc) is 2.52. The Morgan fingerprint density at radius 1 is 1.30 bits per heavy atom. The van der Waals surface area contributed by atoms with Crippen LogP contribution in [0.4, 0.5) is 13.2 Å². The van der Waals surface area contributed by atoms with Gasteiger partial charge in [0.2, 0.25) is 0 Å². The lowest BCUT2D eigenvalue weighted by atomic mass is 10.0. The second kappa shape index (κ2) is 8.08. The van der Waals surface area contributed by atoms with E-state index in [0.717, 1.165) is 17.7 Å². The van der Waals surface area contributed by atoms with Gasteiger partial charge in [-0.15, -0.1) is 0 Å². The number of fused-ring (bicyclic) bond motifs is 1. The molecule has 2 rings (SSSR count). The summed E-state index contributed by atoms with van der Waals surface area (Å²) in [6, 6.07) is 7.89. The third-order valence-corrected chi connectivity index (χ3v) is 3.67. The SMILES string of the molecule is CN=C(NCCCCC(F)(F)F)NC1CCOc2ccccc21. The molecule has 4 nitrogen and oxygen atoms in total. The number of halogens is 3. The Hall–Kier alpha value is -1.92. The van der Waals surface area contributed by atoms with Crippen molar-refractivity contribution >= 4 is 5.96 Å². The topological polar surface area (TPSA) is 45.7 Å². The van der Waals surface area contributed by atoms with Gasteiger partial charge in [0.1, 0.15) is 5.75 Å². The summed E-state index contributed by atoms with van der Waals surface area (Å²) in [7, 11) is 1.65. The Labute approximate surface area is 134 Å². The van der Waals surface area contributed by atoms with Crippen LogP contribution in [0.3, 0.4) is 0 Å². The molecule has 1 aliphatic heterocycles. The highest BCUT2D eigenvalue weighted by atomic mass is 19.4. The van der Waals surface area contributed by atoms with E-state index in [4.69, 9.17) is 4.74 Å². The molecule has 7 heteroatoms. The van der Waals surface area contributed by atoms with Crippen LogP contribution in [0.5, 0.6) is 5.75 Å². The van der Waals surface area contributed by atoms with Gasteiger partial charge in [-0.25, -0.2) is 0 Å². The number of ether oxygens (including phenoxy) is 1. The normalized spacial score (nSPS) is 18.1. The first-order chi connectivity index (χ1) is 11.0. The molecule has 1 unspecified atom stereocenters. The first-order valence-electron chi connectivity index (χ1n) is 7.75. The number of hydrogen-bond acceptors (Lipinski definition) is 2. The van der Waals surface area contributed by atoms with Crippen LogP contribution in [-0.2, 0) is 0 Å². The lowest BCUT2D eigenvalue weighted by Crippen LogP contribution is -2.41. The van der Waals surface area contributed by atoms with Gasteiger partial charge in [-0.3, -0.25) is 4.99 Å². The molecular weight excluding hydrogens is 307 g/mol. The summed E-state index contributed by atoms with van der Waals surface area (Å²) in [6.07, 6.45) is -3.44. The minimum absolute atomic E-state index is 0.0846. The van der Waals surface area contributed by atoms with Gasteiger partial charge >= 0.3 is 6.18 Å². The summed E-state index contributed by atoms with van der Waals surface area (Å²) >= 11 is 0. The first-order valence-corrected chi connectivity index (χ1v) is 7.75. The summed E-state index contributed by atoms with van der Waals surface area (Å²) in [4.78, 5) is 4.13. The average molecular weight is 329 g/mol. The number of hydrogen-bond donors (Lipinski definition) is 2. The second-order valence-corrected chi connectivity index (χ2v) is 5.44. The Morgan fingerprint density at radius 3 is 2.83 bits per heavy atom. The van der Waals surface area contributed by atoms with Crippen molar-refractivity contribution in [1.82, 2.24) is 10.6 Å². The molecule has 0 amide bonds. The number of nitrogens with one attached hydrogen (secondary N) is 2. The molecule has 0 spiro atoms. The van der Waals surface area contributed by atoms with Crippen LogP contribution in [-0.4, -0.2) is 32.3 Å². The lowest BCUT2D eigenvalue weighted by Gasteiger charge is -2.28. The van der Waals surface area contributed by atoms with Gasteiger partial charge < -0.3 is 15.4 Å². The summed E-state index contributed by atoms with van der Waals surface area (Å²) in [5.74, 6) is 1.45. The summed E-state index contributed by atoms with van der Waals surface area (Å²) in [5.41, 5.74) is 1.07. The van der Waals surface area contributed by atoms with Crippen molar-refractivity contribution in [2.24, 2.45) is 4.99 Å². The Bertz CT molecular complexity index is 532. The van der Waals surface area contributed by atoms with Crippen molar-refractivity contribution in [3.05, 3.63) is 29.8 Å². The smallest absolute Gasteiger partial charge is 0.389 e. The van der Waals surface area contributed by atoms with E-state index in [9.17, 15) is 13.2 Å². The van der Waals surface area contributed by atoms with Crippen LogP contribution in [0.2, 0.25) is 0 Å². The fourth-order valence-electron chi connectivity index (χ4n) is 2.51. The van der Waals surface area contributed by atoms with Gasteiger partial charge in [0.15, 0.2) is 5.96 Å². The molecule has 1 atom stereocenters. The molecular formula is C16H22F3N3O. The predicted octanol–water partition coefficient (Wildman–Crippen LogP) is 3.41. The first kappa shape index (κ1) is 17.4. The van der Waals surface area contributed by atoms with E-state index in [1.807, 2.05) is 24.3 Å². The maximum atomic E-state index is 12.1. The molecule has 1 aromatic rings. The number of benzene rings is 1. The van der Waals surface area contributed by atoms with Gasteiger partial charge in [0, 0.05) is 32.0 Å². The largest absolute Gasteiger partial charge is 0.493 e. The van der Waals surface area contributed by atoms with Crippen molar-refractivity contribution < 1.29 is 17.9 Å². The van der Waals surface area contributed by atoms with Gasteiger partial charge in [-0.2, -0.15) is 13.2 Å². The number of alkyl halides is 3. The zero-order chi connectivity index (χ0) is 16.7. The number of guanidine groups is 1. The summed E-state index contributed by atoms with van der Waals surface area (Å²) in [5, 5.41) is 6.37. The Balaban J connectivity index is 1.80. The molecule has 1 aromatic carbocycles. The molecule has 1 aliphatic rings. The van der Waals surface area contributed by atoms with Gasteiger partial charge in [-0.05, 0) is 18.9 Å². The molecule has 0 aromatic heterocycles. The molecule has 0 radical (unpaired) electrons. The fourth-order valence-corrected chi connectivity index (χ4v) is 2.51. The van der Waals surface area contributed by atoms with E-state index >= 15 is 0 Å². The van der Waals surface area contributed by atoms with Crippen LogP contribution in [0.1, 0.15) is 37.3 Å². The van der Waals surface area contributed by atoms with E-state index in [-0.39, 0.29) is 12.5 Å². The standard InChI is InChI=1S/C16H22F3N3O/c1-20-15(21-10-5-4-9-16(17,18)19)22-13-8-11-23-14-7-3-2-6-12(13)14/h2-3,6-7,13H,4-5,8-11H2,1H3,(H2,20,21,22). The highest BCUT2D eigenvalue weighted by Crippen LogP contribution is 2.31. The molecule has 128 valence electrons. The van der Waals surface area contributed by atoms with Crippen LogP contribution >= 0.6 is 0 Å². The van der Waals surface area contributed by atoms with Gasteiger partial charge in [0.25, 0.3) is 0 Å². The van der Waals surface area contributed by atoms with E-state index < -0.39 is 12.6 Å². The quantitative estimate of drug-likeness (QED) is 0.494. The number of rotatable bonds is 5. The number of nitrogens with zero attached hydrogens (tertiary/aromatic N) is 1. The van der Waals surface area contributed by atoms with Crippen LogP contribution in [0, 0.1) is 0 Å². The van der Waals surface area contributed by atoms with E-state index in [2.05, 4.69) is 15.6 Å². The number of para-hydroxylation sites is 1. The van der Waals surface area contributed by atoms with Crippen molar-refractivity contribution in [1.29, 1.82) is 0 Å². The molecule has 23 heavy (non-hydrogen) atoms. The van der Waals surface area contributed by atoms with Crippen molar-refractivity contribution in [3.8, 4) is 5.75 Å². The highest BCUT2D eigenvalue weighted by molar-refractivity contribution is 5.80. The summed E-state index contributed by atoms with van der Waals surface area (Å²) < 4.78 is 41.9. The molecule has 0 saturated carbocycles. The molecule has 0 bridgehead atoms. The van der Waals surface area contributed by atoms with Crippen molar-refractivity contribution in [2.45, 2.75) is 37.9 Å². The molecule has 0 aliphatic carbocycles. The predicted molar refractivity (Wildman–Crippen MR) is 83.7 cm³/mol. The van der Waals surface area contributed by atoms with Crippen molar-refractivity contribution in [2.75, 3.05) is 20.2 Å². The maximum Gasteiger partial charge on any atom is 0.389 e. The van der Waals surface area contributed by atoms with Crippen LogP contribution in [0.15, 0.2) is 29.3 Å². The minimum atomic E-state index is -4.08. The fraction of sp³-hybridized carbons (Fsp3) is 0.562. The Kier molecular flexibility index (Phi) is 6.12. The highest BCUT2D eigenvalue weighted by Gasteiger charge is 2.26. The van der Waals surface area contributed by atoms with Gasteiger partial charge in [-0.1, -0.05) is 18.2 Å². The maximum absolute atomic E-state index is 12.1. The molecule has 0 saturated heterocycles. The second-order valence-electron chi connectivity index (χ2n) is 5.44. The van der Waals surface area contributed by atoms with Gasteiger partial charge in [0.05, 0.1) is 12.6 Å². The van der Waals surface area contributed by atoms with E-state index in [1.165, 1.54) is 0 Å². The monoisotopic (exact) mass is 329 g/mol. The molecule has 0 fully saturated rings. The third-order valence-electron chi connectivity index (χ3n) is 3.67. The number of unbranched alkanes of at least 4 members (excludes halogenated alkanes) is 1. The third kappa shape index (κ3) is 5.65. The van der Waals surface area contributed by atoms with Crippen molar-refractivity contribution in [3.63, 3.8) is 0 Å².